The molecule has 2 aromatic carbocycles. The van der Waals surface area contributed by atoms with E-state index in [2.05, 4.69) is 10.6 Å². The maximum absolute atomic E-state index is 13.5. The fraction of sp³-hybridized carbons (Fsp3) is 0.423. The lowest BCUT2D eigenvalue weighted by atomic mass is 9.96. The third-order valence-corrected chi connectivity index (χ3v) is 7.06. The van der Waals surface area contributed by atoms with Crippen LogP contribution in [0.25, 0.3) is 0 Å². The van der Waals surface area contributed by atoms with Gasteiger partial charge < -0.3 is 20.4 Å². The smallest absolute Gasteiger partial charge is 0.322 e. The first-order valence-corrected chi connectivity index (χ1v) is 12.6. The largest absolute Gasteiger partial charge is 0.342 e. The van der Waals surface area contributed by atoms with Crippen LogP contribution in [0, 0.1) is 5.92 Å². The molecule has 2 N–H and O–H groups in total. The molecule has 3 rings (SSSR count). The number of nitrogens with zero attached hydrogens (tertiary/aromatic N) is 2. The summed E-state index contributed by atoms with van der Waals surface area (Å²) in [6.45, 7) is 6.94. The van der Waals surface area contributed by atoms with Crippen LogP contribution >= 0.6 is 23.2 Å². The zero-order chi connectivity index (χ0) is 25.5. The highest BCUT2D eigenvalue weighted by atomic mass is 35.5. The number of carbonyl (C=O) groups excluding carboxylic acids is 3. The van der Waals surface area contributed by atoms with Crippen molar-refractivity contribution >= 4 is 46.7 Å². The average molecular weight is 519 g/mol. The molecule has 1 heterocycles. The monoisotopic (exact) mass is 518 g/mol. The second kappa shape index (κ2) is 12.3. The lowest BCUT2D eigenvalue weighted by Crippen LogP contribution is -2.60. The molecule has 0 spiro atoms. The van der Waals surface area contributed by atoms with E-state index < -0.39 is 17.3 Å². The van der Waals surface area contributed by atoms with Crippen LogP contribution in [0.15, 0.2) is 54.6 Å². The Morgan fingerprint density at radius 2 is 1.80 bits per heavy atom. The predicted octanol–water partition coefficient (Wildman–Crippen LogP) is 4.92. The van der Waals surface area contributed by atoms with Crippen molar-refractivity contribution in [3.63, 3.8) is 0 Å². The number of rotatable bonds is 7. The van der Waals surface area contributed by atoms with Gasteiger partial charge in [-0.1, -0.05) is 68.3 Å². The van der Waals surface area contributed by atoms with E-state index in [1.54, 1.807) is 46.2 Å². The van der Waals surface area contributed by atoms with E-state index in [-0.39, 0.29) is 23.9 Å². The Bertz CT molecular complexity index is 1040. The lowest BCUT2D eigenvalue weighted by Gasteiger charge is -2.41. The highest BCUT2D eigenvalue weighted by Gasteiger charge is 2.36. The number of hydrogen-bond donors (Lipinski definition) is 2. The number of amides is 4. The quantitative estimate of drug-likeness (QED) is 0.510. The van der Waals surface area contributed by atoms with Gasteiger partial charge in [-0.15, -0.1) is 11.6 Å². The SMILES string of the molecule is CCC(C)C(NC(=O)C(Cl)c1ccccc1)C(=O)N1CCN(C(=O)Nc2cccc(Cl)c2)C(C)C1. The summed E-state index contributed by atoms with van der Waals surface area (Å²) in [6, 6.07) is 14.9. The predicted molar refractivity (Wildman–Crippen MR) is 140 cm³/mol. The van der Waals surface area contributed by atoms with E-state index in [0.29, 0.717) is 42.3 Å². The number of benzene rings is 2. The van der Waals surface area contributed by atoms with E-state index in [1.165, 1.54) is 0 Å². The summed E-state index contributed by atoms with van der Waals surface area (Å²) in [5.41, 5.74) is 1.29. The molecule has 4 atom stereocenters. The first kappa shape index (κ1) is 26.8. The van der Waals surface area contributed by atoms with Crippen LogP contribution in [-0.2, 0) is 9.59 Å². The molecule has 0 aliphatic carbocycles. The van der Waals surface area contributed by atoms with Gasteiger partial charge in [0.25, 0.3) is 0 Å². The molecular weight excluding hydrogens is 487 g/mol. The van der Waals surface area contributed by atoms with Crippen molar-refractivity contribution in [3.8, 4) is 0 Å². The van der Waals surface area contributed by atoms with Crippen LogP contribution in [0.1, 0.15) is 38.1 Å². The molecule has 9 heteroatoms. The minimum absolute atomic E-state index is 0.0782. The van der Waals surface area contributed by atoms with E-state index in [0.717, 1.165) is 0 Å². The number of anilines is 1. The Morgan fingerprint density at radius 3 is 2.43 bits per heavy atom. The maximum Gasteiger partial charge on any atom is 0.322 e. The molecule has 4 unspecified atom stereocenters. The lowest BCUT2D eigenvalue weighted by molar-refractivity contribution is -0.139. The molecule has 1 fully saturated rings. The van der Waals surface area contributed by atoms with Gasteiger partial charge in [-0.25, -0.2) is 4.79 Å². The van der Waals surface area contributed by atoms with Crippen molar-refractivity contribution < 1.29 is 14.4 Å². The van der Waals surface area contributed by atoms with Gasteiger partial charge in [0, 0.05) is 36.4 Å². The van der Waals surface area contributed by atoms with Gasteiger partial charge in [0.15, 0.2) is 0 Å². The first-order chi connectivity index (χ1) is 16.7. The van der Waals surface area contributed by atoms with Crippen LogP contribution in [0.3, 0.4) is 0 Å². The maximum atomic E-state index is 13.5. The van der Waals surface area contributed by atoms with Crippen LogP contribution in [-0.4, -0.2) is 59.4 Å². The van der Waals surface area contributed by atoms with E-state index in [1.807, 2.05) is 39.0 Å². The van der Waals surface area contributed by atoms with Crippen LogP contribution in [0.5, 0.6) is 0 Å². The molecule has 1 aliphatic rings. The summed E-state index contributed by atoms with van der Waals surface area (Å²) < 4.78 is 0. The molecule has 0 bridgehead atoms. The third kappa shape index (κ3) is 6.89. The highest BCUT2D eigenvalue weighted by molar-refractivity contribution is 6.31. The molecule has 188 valence electrons. The first-order valence-electron chi connectivity index (χ1n) is 11.8. The number of alkyl halides is 1. The summed E-state index contributed by atoms with van der Waals surface area (Å²) in [5, 5.41) is 5.39. The summed E-state index contributed by atoms with van der Waals surface area (Å²) in [4.78, 5) is 42.6. The van der Waals surface area contributed by atoms with Gasteiger partial charge >= 0.3 is 6.03 Å². The number of urea groups is 1. The van der Waals surface area contributed by atoms with Gasteiger partial charge in [0.1, 0.15) is 11.4 Å². The molecule has 2 aromatic rings. The number of halogens is 2. The number of hydrogen-bond acceptors (Lipinski definition) is 3. The molecule has 0 aromatic heterocycles. The van der Waals surface area contributed by atoms with Crippen molar-refractivity contribution in [1.82, 2.24) is 15.1 Å². The van der Waals surface area contributed by atoms with Gasteiger partial charge in [-0.2, -0.15) is 0 Å². The fourth-order valence-corrected chi connectivity index (χ4v) is 4.50. The summed E-state index contributed by atoms with van der Waals surface area (Å²) in [5.74, 6) is -0.638. The standard InChI is InChI=1S/C26H32Cl2N4O3/c1-4-17(2)23(30-24(33)22(28)19-9-6-5-7-10-19)25(34)31-13-14-32(18(3)16-31)26(35)29-21-12-8-11-20(27)15-21/h5-12,15,17-18,22-23H,4,13-14,16H2,1-3H3,(H,29,35)(H,30,33). The molecule has 1 aliphatic heterocycles. The van der Waals surface area contributed by atoms with Crippen LogP contribution in [0.2, 0.25) is 5.02 Å². The Labute approximate surface area is 216 Å². The normalized spacial score (nSPS) is 18.4. The molecule has 35 heavy (non-hydrogen) atoms. The fourth-order valence-electron chi connectivity index (χ4n) is 4.10. The van der Waals surface area contributed by atoms with E-state index in [4.69, 9.17) is 23.2 Å². The zero-order valence-corrected chi connectivity index (χ0v) is 21.7. The Hall–Kier alpha value is -2.77. The Kier molecular flexibility index (Phi) is 9.40. The van der Waals surface area contributed by atoms with Crippen molar-refractivity contribution in [2.45, 2.75) is 44.7 Å². The minimum atomic E-state index is -0.887. The molecular formula is C26H32Cl2N4O3. The Balaban J connectivity index is 1.64. The summed E-state index contributed by atoms with van der Waals surface area (Å²) in [6.07, 6.45) is 0.715. The second-order valence-corrected chi connectivity index (χ2v) is 9.79. The molecule has 0 radical (unpaired) electrons. The van der Waals surface area contributed by atoms with Crippen molar-refractivity contribution in [2.75, 3.05) is 25.0 Å². The topological polar surface area (TPSA) is 81.8 Å². The van der Waals surface area contributed by atoms with E-state index in [9.17, 15) is 14.4 Å². The van der Waals surface area contributed by atoms with E-state index >= 15 is 0 Å². The summed E-state index contributed by atoms with van der Waals surface area (Å²) in [7, 11) is 0. The average Bonchev–Trinajstić information content (AvgIpc) is 2.86. The van der Waals surface area contributed by atoms with Gasteiger partial charge in [0.05, 0.1) is 0 Å². The van der Waals surface area contributed by atoms with Gasteiger partial charge in [-0.05, 0) is 36.6 Å². The van der Waals surface area contributed by atoms with Gasteiger partial charge in [0.2, 0.25) is 11.8 Å². The molecule has 7 nitrogen and oxygen atoms in total. The second-order valence-electron chi connectivity index (χ2n) is 8.91. The Morgan fingerprint density at radius 1 is 1.09 bits per heavy atom. The molecule has 4 amide bonds. The number of carbonyl (C=O) groups is 3. The highest BCUT2D eigenvalue weighted by Crippen LogP contribution is 2.23. The van der Waals surface area contributed by atoms with Gasteiger partial charge in [-0.3, -0.25) is 9.59 Å². The van der Waals surface area contributed by atoms with Crippen molar-refractivity contribution in [1.29, 1.82) is 0 Å². The number of nitrogens with one attached hydrogen (secondary N) is 2. The van der Waals surface area contributed by atoms with Crippen LogP contribution in [0.4, 0.5) is 10.5 Å². The zero-order valence-electron chi connectivity index (χ0n) is 20.2. The van der Waals surface area contributed by atoms with Crippen molar-refractivity contribution in [2.24, 2.45) is 5.92 Å². The minimum Gasteiger partial charge on any atom is -0.342 e. The van der Waals surface area contributed by atoms with Crippen LogP contribution < -0.4 is 10.6 Å². The summed E-state index contributed by atoms with van der Waals surface area (Å²) >= 11 is 12.4. The molecule has 1 saturated heterocycles. The molecule has 0 saturated carbocycles. The number of piperazine rings is 1. The third-order valence-electron chi connectivity index (χ3n) is 6.38. The van der Waals surface area contributed by atoms with Crippen molar-refractivity contribution in [3.05, 3.63) is 65.2 Å².